The van der Waals surface area contributed by atoms with Crippen LogP contribution in [0, 0.1) is 0 Å². The van der Waals surface area contributed by atoms with Crippen molar-refractivity contribution in [3.63, 3.8) is 0 Å². The fourth-order valence-electron chi connectivity index (χ4n) is 3.53. The van der Waals surface area contributed by atoms with Gasteiger partial charge in [-0.2, -0.15) is 0 Å². The first kappa shape index (κ1) is 15.4. The molecule has 2 aliphatic heterocycles. The summed E-state index contributed by atoms with van der Waals surface area (Å²) in [6.45, 7) is 0.581. The summed E-state index contributed by atoms with van der Waals surface area (Å²) >= 11 is 13.9. The van der Waals surface area contributed by atoms with E-state index < -0.39 is 0 Å². The van der Waals surface area contributed by atoms with Crippen molar-refractivity contribution < 1.29 is 14.3 Å². The molecule has 0 saturated heterocycles. The molecule has 0 aliphatic carbocycles. The van der Waals surface area contributed by atoms with E-state index in [1.165, 1.54) is 11.8 Å². The number of rotatable bonds is 0. The molecule has 4 nitrogen and oxygen atoms in total. The number of hydrogen-bond acceptors (Lipinski definition) is 4. The molecule has 2 aromatic carbocycles. The Balaban J connectivity index is 1.70. The highest BCUT2D eigenvalue weighted by Gasteiger charge is 2.41. The summed E-state index contributed by atoms with van der Waals surface area (Å²) in [6, 6.07) is 8.38. The van der Waals surface area contributed by atoms with Crippen molar-refractivity contribution in [3.05, 3.63) is 57.3 Å². The number of carbonyl (C=O) groups is 1. The molecular formula is C18H11Cl2NO3S. The molecule has 0 bridgehead atoms. The van der Waals surface area contributed by atoms with Gasteiger partial charge in [-0.15, -0.1) is 0 Å². The second kappa shape index (κ2) is 5.34. The molecule has 0 fully saturated rings. The number of amides is 1. The van der Waals surface area contributed by atoms with Crippen molar-refractivity contribution in [2.75, 3.05) is 6.54 Å². The third kappa shape index (κ3) is 2.19. The summed E-state index contributed by atoms with van der Waals surface area (Å²) in [5, 5.41) is 11.3. The van der Waals surface area contributed by atoms with E-state index in [1.807, 2.05) is 0 Å². The Hall–Kier alpha value is -1.82. The van der Waals surface area contributed by atoms with Crippen LogP contribution in [0.1, 0.15) is 27.1 Å². The van der Waals surface area contributed by atoms with Gasteiger partial charge in [0.1, 0.15) is 22.5 Å². The van der Waals surface area contributed by atoms with Gasteiger partial charge in [-0.25, -0.2) is 0 Å². The lowest BCUT2D eigenvalue weighted by Gasteiger charge is -2.38. The quantitative estimate of drug-likeness (QED) is 0.568. The molecule has 3 aromatic rings. The number of carbonyl (C=O) groups excluding carboxylic acids is 1. The van der Waals surface area contributed by atoms with E-state index in [2.05, 4.69) is 0 Å². The number of furan rings is 1. The van der Waals surface area contributed by atoms with Gasteiger partial charge in [0.2, 0.25) is 0 Å². The number of benzene rings is 2. The topological polar surface area (TPSA) is 53.7 Å². The Morgan fingerprint density at radius 3 is 2.92 bits per heavy atom. The van der Waals surface area contributed by atoms with Gasteiger partial charge < -0.3 is 14.4 Å². The Kier molecular flexibility index (Phi) is 3.29. The van der Waals surface area contributed by atoms with Crippen LogP contribution in [0.4, 0.5) is 0 Å². The zero-order valence-electron chi connectivity index (χ0n) is 12.8. The number of aromatic hydroxyl groups is 1. The highest BCUT2D eigenvalue weighted by atomic mass is 35.5. The lowest BCUT2D eigenvalue weighted by atomic mass is 10.0. The molecule has 0 radical (unpaired) electrons. The van der Waals surface area contributed by atoms with Crippen LogP contribution in [0.25, 0.3) is 11.0 Å². The largest absolute Gasteiger partial charge is 0.508 e. The minimum Gasteiger partial charge on any atom is -0.508 e. The summed E-state index contributed by atoms with van der Waals surface area (Å²) < 4.78 is 6.05. The van der Waals surface area contributed by atoms with Crippen LogP contribution in [0.3, 0.4) is 0 Å². The van der Waals surface area contributed by atoms with Crippen molar-refractivity contribution in [1.29, 1.82) is 0 Å². The van der Waals surface area contributed by atoms with Crippen molar-refractivity contribution in [2.45, 2.75) is 16.7 Å². The van der Waals surface area contributed by atoms with Crippen LogP contribution < -0.4 is 0 Å². The van der Waals surface area contributed by atoms with Crippen molar-refractivity contribution in [2.24, 2.45) is 0 Å². The van der Waals surface area contributed by atoms with E-state index in [4.69, 9.17) is 27.6 Å². The maximum atomic E-state index is 12.9. The standard InChI is InChI=1S/C18H11Cl2NO3S/c19-8-5-12-16(13(20)6-8)25-18-15-10(3-4-21(18)17(12)23)11-7-9(22)1-2-14(11)24-15/h1-2,5-7,18,22H,3-4H2. The Labute approximate surface area is 157 Å². The average Bonchev–Trinajstić information content (AvgIpc) is 2.94. The molecule has 1 atom stereocenters. The normalized spacial score (nSPS) is 18.9. The Morgan fingerprint density at radius 1 is 1.24 bits per heavy atom. The predicted molar refractivity (Wildman–Crippen MR) is 97.7 cm³/mol. The summed E-state index contributed by atoms with van der Waals surface area (Å²) in [4.78, 5) is 15.5. The SMILES string of the molecule is O=C1c2cc(Cl)cc(Cl)c2SC2c3oc4ccc(O)cc4c3CCN12. The molecule has 5 rings (SSSR count). The van der Waals surface area contributed by atoms with Crippen molar-refractivity contribution in [1.82, 2.24) is 4.90 Å². The van der Waals surface area contributed by atoms with Crippen LogP contribution >= 0.6 is 35.0 Å². The molecule has 2 aliphatic rings. The molecule has 1 N–H and O–H groups in total. The zero-order chi connectivity index (χ0) is 17.3. The molecule has 1 aromatic heterocycles. The van der Waals surface area contributed by atoms with E-state index in [-0.39, 0.29) is 17.0 Å². The summed E-state index contributed by atoms with van der Waals surface area (Å²) in [7, 11) is 0. The molecule has 7 heteroatoms. The van der Waals surface area contributed by atoms with Gasteiger partial charge in [-0.05, 0) is 36.8 Å². The Morgan fingerprint density at radius 2 is 2.08 bits per heavy atom. The fraction of sp³-hybridized carbons (Fsp3) is 0.167. The zero-order valence-corrected chi connectivity index (χ0v) is 15.1. The van der Waals surface area contributed by atoms with Crippen LogP contribution in [0.2, 0.25) is 10.0 Å². The third-order valence-electron chi connectivity index (χ3n) is 4.64. The van der Waals surface area contributed by atoms with Crippen molar-refractivity contribution >= 4 is 51.8 Å². The summed E-state index contributed by atoms with van der Waals surface area (Å²) in [5.41, 5.74) is 2.29. The first-order valence-electron chi connectivity index (χ1n) is 7.74. The summed E-state index contributed by atoms with van der Waals surface area (Å²) in [6.07, 6.45) is 0.679. The smallest absolute Gasteiger partial charge is 0.256 e. The average molecular weight is 392 g/mol. The van der Waals surface area contributed by atoms with Gasteiger partial charge in [0, 0.05) is 27.4 Å². The highest BCUT2D eigenvalue weighted by Crippen LogP contribution is 2.52. The molecule has 3 heterocycles. The minimum absolute atomic E-state index is 0.0860. The molecule has 126 valence electrons. The monoisotopic (exact) mass is 391 g/mol. The van der Waals surface area contributed by atoms with E-state index in [1.54, 1.807) is 35.2 Å². The van der Waals surface area contributed by atoms with Gasteiger partial charge in [0.15, 0.2) is 0 Å². The van der Waals surface area contributed by atoms with Gasteiger partial charge in [0.05, 0.1) is 10.6 Å². The maximum Gasteiger partial charge on any atom is 0.256 e. The van der Waals surface area contributed by atoms with Crippen LogP contribution in [-0.4, -0.2) is 22.5 Å². The second-order valence-electron chi connectivity index (χ2n) is 6.11. The van der Waals surface area contributed by atoms with Crippen molar-refractivity contribution in [3.8, 4) is 5.75 Å². The van der Waals surface area contributed by atoms with Crippen LogP contribution in [-0.2, 0) is 6.42 Å². The van der Waals surface area contributed by atoms with Gasteiger partial charge in [-0.1, -0.05) is 35.0 Å². The molecule has 25 heavy (non-hydrogen) atoms. The lowest BCUT2D eigenvalue weighted by Crippen LogP contribution is -2.41. The lowest BCUT2D eigenvalue weighted by molar-refractivity contribution is 0.0701. The van der Waals surface area contributed by atoms with E-state index in [0.717, 1.165) is 21.6 Å². The number of halogens is 2. The maximum absolute atomic E-state index is 12.9. The van der Waals surface area contributed by atoms with Gasteiger partial charge in [-0.3, -0.25) is 4.79 Å². The molecule has 0 saturated carbocycles. The van der Waals surface area contributed by atoms with Crippen LogP contribution in [0.15, 0.2) is 39.6 Å². The fourth-order valence-corrected chi connectivity index (χ4v) is 5.46. The molecule has 0 spiro atoms. The number of thioether (sulfide) groups is 1. The number of nitrogens with zero attached hydrogens (tertiary/aromatic N) is 1. The second-order valence-corrected chi connectivity index (χ2v) is 8.04. The van der Waals surface area contributed by atoms with Gasteiger partial charge in [0.25, 0.3) is 5.91 Å². The Bertz CT molecular complexity index is 1060. The number of hydrogen-bond donors (Lipinski definition) is 1. The minimum atomic E-state index is -0.267. The third-order valence-corrected chi connectivity index (χ3v) is 6.64. The van der Waals surface area contributed by atoms with E-state index in [9.17, 15) is 9.90 Å². The van der Waals surface area contributed by atoms with E-state index >= 15 is 0 Å². The van der Waals surface area contributed by atoms with Crippen LogP contribution in [0.5, 0.6) is 5.75 Å². The van der Waals surface area contributed by atoms with E-state index in [0.29, 0.717) is 34.2 Å². The first-order valence-corrected chi connectivity index (χ1v) is 9.37. The molecular weight excluding hydrogens is 381 g/mol. The first-order chi connectivity index (χ1) is 12.0. The number of fused-ring (bicyclic) bond motifs is 6. The highest BCUT2D eigenvalue weighted by molar-refractivity contribution is 7.99. The predicted octanol–water partition coefficient (Wildman–Crippen LogP) is 5.25. The number of phenolic OH excluding ortho intramolecular Hbond substituents is 1. The summed E-state index contributed by atoms with van der Waals surface area (Å²) in [5.74, 6) is 0.868. The molecule has 1 amide bonds. The molecule has 1 unspecified atom stereocenters. The number of phenols is 1. The van der Waals surface area contributed by atoms with Gasteiger partial charge >= 0.3 is 0 Å².